The summed E-state index contributed by atoms with van der Waals surface area (Å²) >= 11 is 0. The van der Waals surface area contributed by atoms with Gasteiger partial charge in [0.15, 0.2) is 0 Å². The van der Waals surface area contributed by atoms with Gasteiger partial charge >= 0.3 is 0 Å². The molecule has 0 aliphatic heterocycles. The predicted octanol–water partition coefficient (Wildman–Crippen LogP) is 2.28. The third kappa shape index (κ3) is 0.923. The van der Waals surface area contributed by atoms with E-state index in [1.54, 1.807) is 5.57 Å². The Morgan fingerprint density at radius 3 is 2.29 bits per heavy atom. The lowest BCUT2D eigenvalue weighted by atomic mass is 9.92. The van der Waals surface area contributed by atoms with E-state index in [4.69, 9.17) is 0 Å². The van der Waals surface area contributed by atoms with E-state index in [0.717, 1.165) is 0 Å². The second kappa shape index (κ2) is 1.97. The maximum absolute atomic E-state index is 3.61. The zero-order valence-corrected chi connectivity index (χ0v) is 4.48. The summed E-state index contributed by atoms with van der Waals surface area (Å²) in [6.45, 7) is 3.61. The highest BCUT2D eigenvalue weighted by Gasteiger charge is 2.04. The van der Waals surface area contributed by atoms with Crippen LogP contribution in [0.5, 0.6) is 0 Å². The van der Waals surface area contributed by atoms with Crippen molar-refractivity contribution < 1.29 is 0 Å². The first-order chi connectivity index (χ1) is 3.43. The highest BCUT2D eigenvalue weighted by Crippen LogP contribution is 2.24. The molecule has 0 nitrogen and oxygen atoms in total. The summed E-state index contributed by atoms with van der Waals surface area (Å²) in [4.78, 5) is 0. The van der Waals surface area contributed by atoms with E-state index in [1.165, 1.54) is 19.3 Å². The van der Waals surface area contributed by atoms with Gasteiger partial charge < -0.3 is 0 Å². The van der Waals surface area contributed by atoms with Crippen LogP contribution in [0.2, 0.25) is 0 Å². The molecule has 7 heavy (non-hydrogen) atoms. The van der Waals surface area contributed by atoms with Gasteiger partial charge in [0.1, 0.15) is 0 Å². The maximum atomic E-state index is 3.61. The van der Waals surface area contributed by atoms with Gasteiger partial charge in [0, 0.05) is 0 Å². The number of rotatable bonds is 1. The van der Waals surface area contributed by atoms with E-state index in [9.17, 15) is 0 Å². The van der Waals surface area contributed by atoms with E-state index in [2.05, 4.69) is 12.7 Å². The Labute approximate surface area is 44.5 Å². The monoisotopic (exact) mass is 94.1 g/mol. The Kier molecular flexibility index (Phi) is 1.30. The van der Waals surface area contributed by atoms with Crippen LogP contribution < -0.4 is 0 Å². The lowest BCUT2D eigenvalue weighted by Gasteiger charge is -2.14. The molecule has 1 rings (SSSR count). The van der Waals surface area contributed by atoms with Crippen molar-refractivity contribution in [1.29, 1.82) is 0 Å². The van der Waals surface area contributed by atoms with Gasteiger partial charge in [0.2, 0.25) is 0 Å². The first-order valence-electron chi connectivity index (χ1n) is 2.74. The average molecular weight is 94.2 g/mol. The second-order valence-corrected chi connectivity index (χ2v) is 1.91. The van der Waals surface area contributed by atoms with E-state index < -0.39 is 0 Å². The molecule has 0 spiro atoms. The van der Waals surface area contributed by atoms with Gasteiger partial charge in [-0.15, -0.1) is 0 Å². The Bertz CT molecular complexity index is 92.6. The molecule has 0 N–H and O–H groups in total. The quantitative estimate of drug-likeness (QED) is 0.467. The first kappa shape index (κ1) is 4.63. The molecule has 1 fully saturated rings. The first-order valence-corrected chi connectivity index (χ1v) is 2.74. The van der Waals surface area contributed by atoms with Gasteiger partial charge in [0.25, 0.3) is 0 Å². The molecule has 0 aromatic heterocycles. The Morgan fingerprint density at radius 2 is 2.14 bits per heavy atom. The van der Waals surface area contributed by atoms with Gasteiger partial charge in [-0.05, 0) is 19.3 Å². The van der Waals surface area contributed by atoms with Crippen LogP contribution >= 0.6 is 0 Å². The molecule has 38 valence electrons. The maximum Gasteiger partial charge on any atom is -0.0314 e. The summed E-state index contributed by atoms with van der Waals surface area (Å²) < 4.78 is 0. The standard InChI is InChI=1S/C7H10/c1-2-4-7-5-3-6-7/h2,4H,1,3,5-6H2. The summed E-state index contributed by atoms with van der Waals surface area (Å²) in [6, 6.07) is 0. The highest BCUT2D eigenvalue weighted by atomic mass is 14.1. The molecule has 1 saturated carbocycles. The van der Waals surface area contributed by atoms with Crippen LogP contribution in [-0.4, -0.2) is 0 Å². The lowest BCUT2D eigenvalue weighted by Crippen LogP contribution is -1.94. The fraction of sp³-hybridized carbons (Fsp3) is 0.429. The minimum atomic E-state index is 1.31. The summed E-state index contributed by atoms with van der Waals surface area (Å²) in [5, 5.41) is 0. The number of hydrogen-bond donors (Lipinski definition) is 0. The topological polar surface area (TPSA) is 0 Å². The van der Waals surface area contributed by atoms with Crippen LogP contribution in [-0.2, 0) is 0 Å². The summed E-state index contributed by atoms with van der Waals surface area (Å²) in [5.41, 5.74) is 1.56. The van der Waals surface area contributed by atoms with Crippen molar-refractivity contribution >= 4 is 0 Å². The molecule has 0 heterocycles. The van der Waals surface area contributed by atoms with Crippen molar-refractivity contribution in [2.75, 3.05) is 0 Å². The van der Waals surface area contributed by atoms with E-state index in [0.29, 0.717) is 0 Å². The molecule has 1 aliphatic rings. The summed E-state index contributed by atoms with van der Waals surface area (Å²) in [7, 11) is 0. The fourth-order valence-electron chi connectivity index (χ4n) is 0.714. The van der Waals surface area contributed by atoms with Crippen LogP contribution in [0.1, 0.15) is 19.3 Å². The van der Waals surface area contributed by atoms with Crippen molar-refractivity contribution in [3.05, 3.63) is 24.3 Å². The molecule has 1 aliphatic carbocycles. The fourth-order valence-corrected chi connectivity index (χ4v) is 0.714. The van der Waals surface area contributed by atoms with Gasteiger partial charge in [-0.1, -0.05) is 24.3 Å². The molecule has 0 atom stereocenters. The van der Waals surface area contributed by atoms with Crippen LogP contribution in [0.15, 0.2) is 24.3 Å². The molecule has 0 amide bonds. The average Bonchev–Trinajstić information content (AvgIpc) is 1.55. The largest absolute Gasteiger partial charge is 0.0991 e. The highest BCUT2D eigenvalue weighted by molar-refractivity contribution is 5.15. The normalized spacial score (nSPS) is 18.0. The SMILES string of the molecule is C=CC=C1CCC1. The molecule has 0 saturated heterocycles. The third-order valence-electron chi connectivity index (χ3n) is 1.35. The summed E-state index contributed by atoms with van der Waals surface area (Å²) in [5.74, 6) is 0. The van der Waals surface area contributed by atoms with Crippen LogP contribution in [0.4, 0.5) is 0 Å². The molecule has 0 aromatic carbocycles. The number of allylic oxidation sites excluding steroid dienone is 3. The van der Waals surface area contributed by atoms with Crippen molar-refractivity contribution in [2.24, 2.45) is 0 Å². The van der Waals surface area contributed by atoms with Gasteiger partial charge in [-0.25, -0.2) is 0 Å². The van der Waals surface area contributed by atoms with Crippen molar-refractivity contribution in [2.45, 2.75) is 19.3 Å². The number of hydrogen-bond acceptors (Lipinski definition) is 0. The molecule has 0 radical (unpaired) electrons. The molecule has 0 heteroatoms. The van der Waals surface area contributed by atoms with E-state index in [-0.39, 0.29) is 0 Å². The Hall–Kier alpha value is -0.520. The molecular formula is C7H10. The van der Waals surface area contributed by atoms with Crippen LogP contribution in [0, 0.1) is 0 Å². The summed E-state index contributed by atoms with van der Waals surface area (Å²) in [6.07, 6.45) is 8.00. The Balaban J connectivity index is 2.36. The molecule has 0 aromatic rings. The molecular weight excluding hydrogens is 84.1 g/mol. The zero-order chi connectivity index (χ0) is 5.11. The smallest absolute Gasteiger partial charge is 0.0314 e. The minimum Gasteiger partial charge on any atom is -0.0991 e. The van der Waals surface area contributed by atoms with E-state index >= 15 is 0 Å². The predicted molar refractivity (Wildman–Crippen MR) is 32.1 cm³/mol. The lowest BCUT2D eigenvalue weighted by molar-refractivity contribution is 0.663. The third-order valence-corrected chi connectivity index (χ3v) is 1.35. The van der Waals surface area contributed by atoms with Crippen molar-refractivity contribution in [1.82, 2.24) is 0 Å². The Morgan fingerprint density at radius 1 is 1.43 bits per heavy atom. The molecule has 0 unspecified atom stereocenters. The van der Waals surface area contributed by atoms with Crippen LogP contribution in [0.25, 0.3) is 0 Å². The second-order valence-electron chi connectivity index (χ2n) is 1.91. The van der Waals surface area contributed by atoms with Crippen LogP contribution in [0.3, 0.4) is 0 Å². The zero-order valence-electron chi connectivity index (χ0n) is 4.48. The van der Waals surface area contributed by atoms with Crippen molar-refractivity contribution in [3.63, 3.8) is 0 Å². The van der Waals surface area contributed by atoms with Gasteiger partial charge in [-0.2, -0.15) is 0 Å². The van der Waals surface area contributed by atoms with Gasteiger partial charge in [-0.3, -0.25) is 0 Å². The molecule has 0 bridgehead atoms. The van der Waals surface area contributed by atoms with E-state index in [1.807, 2.05) is 6.08 Å². The van der Waals surface area contributed by atoms with Gasteiger partial charge in [0.05, 0.1) is 0 Å². The minimum absolute atomic E-state index is 1.31. The van der Waals surface area contributed by atoms with Crippen molar-refractivity contribution in [3.8, 4) is 0 Å².